The third-order valence-corrected chi connectivity index (χ3v) is 3.84. The van der Waals surface area contributed by atoms with Crippen molar-refractivity contribution in [1.29, 1.82) is 0 Å². The van der Waals surface area contributed by atoms with Crippen molar-refractivity contribution in [2.75, 3.05) is 7.11 Å². The van der Waals surface area contributed by atoms with Crippen LogP contribution in [0.5, 0.6) is 5.75 Å². The molecule has 0 radical (unpaired) electrons. The van der Waals surface area contributed by atoms with E-state index >= 15 is 0 Å². The number of rotatable bonds is 4. The van der Waals surface area contributed by atoms with Crippen molar-refractivity contribution >= 4 is 22.9 Å². The molecule has 3 rings (SSSR count). The van der Waals surface area contributed by atoms with Crippen LogP contribution in [0.3, 0.4) is 0 Å². The van der Waals surface area contributed by atoms with Crippen LogP contribution >= 0.6 is 0 Å². The van der Waals surface area contributed by atoms with E-state index in [2.05, 4.69) is 10.5 Å². The standard InChI is InChI=1S/C20H18N2O2/c1-14-5-3-4-6-19(14)20(23)22-21-13-15-7-8-17-12-18(24-2)10-9-16(17)11-15/h3-13H,1-2H3,(H,22,23)/b21-13-. The molecule has 0 bridgehead atoms. The summed E-state index contributed by atoms with van der Waals surface area (Å²) in [5.41, 5.74) is 5.03. The van der Waals surface area contributed by atoms with Crippen molar-refractivity contribution in [2.24, 2.45) is 5.10 Å². The molecule has 0 saturated carbocycles. The number of nitrogens with zero attached hydrogens (tertiary/aromatic N) is 1. The highest BCUT2D eigenvalue weighted by Gasteiger charge is 2.06. The highest BCUT2D eigenvalue weighted by atomic mass is 16.5. The van der Waals surface area contributed by atoms with Gasteiger partial charge in [-0.2, -0.15) is 5.10 Å². The number of ether oxygens (including phenoxy) is 1. The molecule has 4 heteroatoms. The van der Waals surface area contributed by atoms with Gasteiger partial charge in [0.25, 0.3) is 5.91 Å². The van der Waals surface area contributed by atoms with Gasteiger partial charge in [-0.1, -0.05) is 36.4 Å². The first-order valence-electron chi connectivity index (χ1n) is 7.64. The number of fused-ring (bicyclic) bond motifs is 1. The summed E-state index contributed by atoms with van der Waals surface area (Å²) in [5, 5.41) is 6.23. The van der Waals surface area contributed by atoms with Crippen molar-refractivity contribution in [3.63, 3.8) is 0 Å². The van der Waals surface area contributed by atoms with E-state index in [4.69, 9.17) is 4.74 Å². The van der Waals surface area contributed by atoms with Gasteiger partial charge in [0.1, 0.15) is 5.75 Å². The maximum Gasteiger partial charge on any atom is 0.271 e. The molecule has 0 unspecified atom stereocenters. The Morgan fingerprint density at radius 1 is 1.04 bits per heavy atom. The van der Waals surface area contributed by atoms with Crippen LogP contribution in [0.2, 0.25) is 0 Å². The van der Waals surface area contributed by atoms with Gasteiger partial charge in [0.05, 0.1) is 13.3 Å². The third-order valence-electron chi connectivity index (χ3n) is 3.84. The lowest BCUT2D eigenvalue weighted by Crippen LogP contribution is -2.18. The Morgan fingerprint density at radius 2 is 1.79 bits per heavy atom. The van der Waals surface area contributed by atoms with Crippen molar-refractivity contribution in [1.82, 2.24) is 5.43 Å². The maximum absolute atomic E-state index is 12.1. The van der Waals surface area contributed by atoms with Gasteiger partial charge in [-0.05, 0) is 53.1 Å². The minimum absolute atomic E-state index is 0.213. The number of carbonyl (C=O) groups is 1. The first-order chi connectivity index (χ1) is 11.7. The van der Waals surface area contributed by atoms with Crippen LogP contribution in [-0.2, 0) is 0 Å². The molecule has 4 nitrogen and oxygen atoms in total. The zero-order valence-corrected chi connectivity index (χ0v) is 13.6. The van der Waals surface area contributed by atoms with Crippen LogP contribution in [0, 0.1) is 6.92 Å². The average molecular weight is 318 g/mol. The number of methoxy groups -OCH3 is 1. The normalized spacial score (nSPS) is 10.9. The van der Waals surface area contributed by atoms with Gasteiger partial charge >= 0.3 is 0 Å². The molecule has 1 amide bonds. The van der Waals surface area contributed by atoms with E-state index < -0.39 is 0 Å². The third kappa shape index (κ3) is 3.43. The molecule has 0 aromatic heterocycles. The van der Waals surface area contributed by atoms with Crippen LogP contribution < -0.4 is 10.2 Å². The van der Waals surface area contributed by atoms with E-state index in [0.717, 1.165) is 27.6 Å². The smallest absolute Gasteiger partial charge is 0.271 e. The largest absolute Gasteiger partial charge is 0.497 e. The predicted octanol–water partition coefficient (Wildman–Crippen LogP) is 3.92. The summed E-state index contributed by atoms with van der Waals surface area (Å²) in [6, 6.07) is 19.3. The van der Waals surface area contributed by atoms with Crippen molar-refractivity contribution in [3.05, 3.63) is 77.4 Å². The molecular formula is C20H18N2O2. The minimum atomic E-state index is -0.213. The lowest BCUT2D eigenvalue weighted by atomic mass is 10.1. The molecule has 0 atom stereocenters. The number of nitrogens with one attached hydrogen (secondary N) is 1. The fraction of sp³-hybridized carbons (Fsp3) is 0.100. The fourth-order valence-corrected chi connectivity index (χ4v) is 2.50. The van der Waals surface area contributed by atoms with Crippen LogP contribution in [0.4, 0.5) is 0 Å². The van der Waals surface area contributed by atoms with Crippen LogP contribution in [0.15, 0.2) is 65.8 Å². The minimum Gasteiger partial charge on any atom is -0.497 e. The Hall–Kier alpha value is -3.14. The van der Waals surface area contributed by atoms with Crippen molar-refractivity contribution in [2.45, 2.75) is 6.92 Å². The molecule has 0 spiro atoms. The zero-order valence-electron chi connectivity index (χ0n) is 13.6. The molecule has 0 aliphatic rings. The fourth-order valence-electron chi connectivity index (χ4n) is 2.50. The number of amides is 1. The van der Waals surface area contributed by atoms with E-state index in [0.29, 0.717) is 5.56 Å². The average Bonchev–Trinajstić information content (AvgIpc) is 2.61. The Labute approximate surface area is 140 Å². The molecular weight excluding hydrogens is 300 g/mol. The summed E-state index contributed by atoms with van der Waals surface area (Å²) < 4.78 is 5.22. The lowest BCUT2D eigenvalue weighted by Gasteiger charge is -2.04. The van der Waals surface area contributed by atoms with Gasteiger partial charge in [0.15, 0.2) is 0 Å². The number of carbonyl (C=O) groups excluding carboxylic acids is 1. The molecule has 0 saturated heterocycles. The summed E-state index contributed by atoms with van der Waals surface area (Å²) in [6.45, 7) is 1.90. The first kappa shape index (κ1) is 15.7. The summed E-state index contributed by atoms with van der Waals surface area (Å²) >= 11 is 0. The highest BCUT2D eigenvalue weighted by Crippen LogP contribution is 2.21. The Balaban J connectivity index is 1.73. The van der Waals surface area contributed by atoms with Crippen LogP contribution in [-0.4, -0.2) is 19.2 Å². The number of benzene rings is 3. The van der Waals surface area contributed by atoms with Crippen LogP contribution in [0.25, 0.3) is 10.8 Å². The van der Waals surface area contributed by atoms with E-state index in [1.807, 2.05) is 61.5 Å². The second-order valence-electron chi connectivity index (χ2n) is 5.49. The molecule has 3 aromatic rings. The van der Waals surface area contributed by atoms with E-state index in [-0.39, 0.29) is 5.91 Å². The van der Waals surface area contributed by atoms with E-state index in [9.17, 15) is 4.79 Å². The quantitative estimate of drug-likeness (QED) is 0.585. The lowest BCUT2D eigenvalue weighted by molar-refractivity contribution is 0.0954. The predicted molar refractivity (Wildman–Crippen MR) is 96.7 cm³/mol. The van der Waals surface area contributed by atoms with Gasteiger partial charge in [0, 0.05) is 5.56 Å². The number of hydrogen-bond donors (Lipinski definition) is 1. The molecule has 1 N–H and O–H groups in total. The van der Waals surface area contributed by atoms with Gasteiger partial charge in [0.2, 0.25) is 0 Å². The Bertz CT molecular complexity index is 916. The van der Waals surface area contributed by atoms with Gasteiger partial charge < -0.3 is 4.74 Å². The summed E-state index contributed by atoms with van der Waals surface area (Å²) in [4.78, 5) is 12.1. The van der Waals surface area contributed by atoms with Crippen molar-refractivity contribution in [3.8, 4) is 5.75 Å². The first-order valence-corrected chi connectivity index (χ1v) is 7.64. The Kier molecular flexibility index (Phi) is 4.57. The molecule has 24 heavy (non-hydrogen) atoms. The number of hydrogen-bond acceptors (Lipinski definition) is 3. The molecule has 0 aliphatic heterocycles. The Morgan fingerprint density at radius 3 is 2.58 bits per heavy atom. The topological polar surface area (TPSA) is 50.7 Å². The van der Waals surface area contributed by atoms with Gasteiger partial charge in [-0.25, -0.2) is 5.43 Å². The summed E-state index contributed by atoms with van der Waals surface area (Å²) in [6.07, 6.45) is 1.64. The monoisotopic (exact) mass is 318 g/mol. The SMILES string of the molecule is COc1ccc2cc(/C=N\NC(=O)c3ccccc3C)ccc2c1. The molecule has 0 fully saturated rings. The molecule has 3 aromatic carbocycles. The van der Waals surface area contributed by atoms with Crippen molar-refractivity contribution < 1.29 is 9.53 Å². The highest BCUT2D eigenvalue weighted by molar-refractivity contribution is 5.96. The van der Waals surface area contributed by atoms with Gasteiger partial charge in [-0.15, -0.1) is 0 Å². The maximum atomic E-state index is 12.1. The molecule has 0 aliphatic carbocycles. The summed E-state index contributed by atoms with van der Waals surface area (Å²) in [5.74, 6) is 0.615. The van der Waals surface area contributed by atoms with E-state index in [1.54, 1.807) is 19.4 Å². The second-order valence-corrected chi connectivity index (χ2v) is 5.49. The number of aryl methyl sites for hydroxylation is 1. The zero-order chi connectivity index (χ0) is 16.9. The second kappa shape index (κ2) is 6.96. The van der Waals surface area contributed by atoms with Gasteiger partial charge in [-0.3, -0.25) is 4.79 Å². The molecule has 0 heterocycles. The van der Waals surface area contributed by atoms with E-state index in [1.165, 1.54) is 0 Å². The molecule has 120 valence electrons. The van der Waals surface area contributed by atoms with Crippen LogP contribution in [0.1, 0.15) is 21.5 Å². The number of hydrazone groups is 1. The summed E-state index contributed by atoms with van der Waals surface area (Å²) in [7, 11) is 1.65.